The zero-order valence-corrected chi connectivity index (χ0v) is 10.6. The topological polar surface area (TPSA) is 15.6 Å². The van der Waals surface area contributed by atoms with Crippen LogP contribution in [-0.4, -0.2) is 11.7 Å². The van der Waals surface area contributed by atoms with Crippen LogP contribution in [0.15, 0.2) is 64.5 Å². The van der Waals surface area contributed by atoms with Gasteiger partial charge in [0.15, 0.2) is 5.17 Å². The van der Waals surface area contributed by atoms with E-state index in [4.69, 9.17) is 4.99 Å². The van der Waals surface area contributed by atoms with E-state index >= 15 is 0 Å². The van der Waals surface area contributed by atoms with Gasteiger partial charge in [-0.3, -0.25) is 4.99 Å². The molecule has 2 aromatic rings. The second-order valence-electron chi connectivity index (χ2n) is 4.52. The van der Waals surface area contributed by atoms with E-state index in [1.165, 1.54) is 16.1 Å². The number of hydrogen-bond acceptors (Lipinski definition) is 3. The lowest BCUT2D eigenvalue weighted by atomic mass is 10.1. The SMILES string of the molecule is c1ccc(C2CN3C(=N2)Sc2ccccc23)cc1. The summed E-state index contributed by atoms with van der Waals surface area (Å²) in [4.78, 5) is 8.49. The van der Waals surface area contributed by atoms with Crippen molar-refractivity contribution in [2.75, 3.05) is 11.4 Å². The number of amidine groups is 1. The Balaban J connectivity index is 1.69. The molecule has 0 radical (unpaired) electrons. The lowest BCUT2D eigenvalue weighted by Crippen LogP contribution is -2.21. The highest BCUT2D eigenvalue weighted by molar-refractivity contribution is 8.14. The zero-order valence-electron chi connectivity index (χ0n) is 9.78. The van der Waals surface area contributed by atoms with Gasteiger partial charge in [0.2, 0.25) is 0 Å². The van der Waals surface area contributed by atoms with Crippen molar-refractivity contribution in [2.24, 2.45) is 4.99 Å². The monoisotopic (exact) mass is 252 g/mol. The lowest BCUT2D eigenvalue weighted by molar-refractivity contribution is 0.778. The van der Waals surface area contributed by atoms with Crippen LogP contribution in [0.5, 0.6) is 0 Å². The molecular weight excluding hydrogens is 240 g/mol. The quantitative estimate of drug-likeness (QED) is 0.769. The molecule has 3 heteroatoms. The second-order valence-corrected chi connectivity index (χ2v) is 5.53. The molecule has 0 aliphatic carbocycles. The normalized spacial score (nSPS) is 20.6. The molecule has 0 saturated heterocycles. The van der Waals surface area contributed by atoms with Crippen molar-refractivity contribution in [3.8, 4) is 0 Å². The van der Waals surface area contributed by atoms with E-state index in [2.05, 4.69) is 59.5 Å². The molecule has 18 heavy (non-hydrogen) atoms. The van der Waals surface area contributed by atoms with Crippen LogP contribution in [-0.2, 0) is 0 Å². The van der Waals surface area contributed by atoms with Gasteiger partial charge in [0, 0.05) is 4.90 Å². The Bertz CT molecular complexity index is 621. The molecule has 0 aromatic heterocycles. The van der Waals surface area contributed by atoms with E-state index in [-0.39, 0.29) is 6.04 Å². The minimum Gasteiger partial charge on any atom is -0.317 e. The average Bonchev–Trinajstić information content (AvgIpc) is 2.97. The minimum absolute atomic E-state index is 0.280. The van der Waals surface area contributed by atoms with E-state index in [1.54, 1.807) is 11.8 Å². The maximum atomic E-state index is 4.84. The molecule has 0 saturated carbocycles. The Kier molecular flexibility index (Phi) is 2.20. The van der Waals surface area contributed by atoms with Crippen molar-refractivity contribution < 1.29 is 0 Å². The highest BCUT2D eigenvalue weighted by atomic mass is 32.2. The van der Waals surface area contributed by atoms with Gasteiger partial charge in [-0.25, -0.2) is 0 Å². The molecule has 2 aromatic carbocycles. The first-order chi connectivity index (χ1) is 8.92. The van der Waals surface area contributed by atoms with Crippen molar-refractivity contribution in [2.45, 2.75) is 10.9 Å². The third-order valence-electron chi connectivity index (χ3n) is 3.39. The van der Waals surface area contributed by atoms with E-state index in [1.807, 2.05) is 0 Å². The third-order valence-corrected chi connectivity index (χ3v) is 4.47. The number of hydrogen-bond donors (Lipinski definition) is 0. The Morgan fingerprint density at radius 2 is 1.78 bits per heavy atom. The average molecular weight is 252 g/mol. The van der Waals surface area contributed by atoms with Crippen LogP contribution in [0.4, 0.5) is 5.69 Å². The van der Waals surface area contributed by atoms with Crippen LogP contribution in [0, 0.1) is 0 Å². The first-order valence-electron chi connectivity index (χ1n) is 6.09. The number of fused-ring (bicyclic) bond motifs is 3. The van der Waals surface area contributed by atoms with E-state index < -0.39 is 0 Å². The van der Waals surface area contributed by atoms with Crippen LogP contribution in [0.3, 0.4) is 0 Å². The predicted octanol–water partition coefficient (Wildman–Crippen LogP) is 3.71. The number of anilines is 1. The first-order valence-corrected chi connectivity index (χ1v) is 6.90. The maximum absolute atomic E-state index is 4.84. The highest BCUT2D eigenvalue weighted by Crippen LogP contribution is 2.44. The van der Waals surface area contributed by atoms with Crippen molar-refractivity contribution in [3.05, 3.63) is 60.2 Å². The second kappa shape index (κ2) is 3.89. The number of para-hydroxylation sites is 1. The number of nitrogens with zero attached hydrogens (tertiary/aromatic N) is 2. The van der Waals surface area contributed by atoms with Gasteiger partial charge >= 0.3 is 0 Å². The van der Waals surface area contributed by atoms with Gasteiger partial charge in [-0.2, -0.15) is 0 Å². The van der Waals surface area contributed by atoms with Crippen molar-refractivity contribution in [1.29, 1.82) is 0 Å². The minimum atomic E-state index is 0.280. The Morgan fingerprint density at radius 3 is 2.67 bits per heavy atom. The Morgan fingerprint density at radius 1 is 1.00 bits per heavy atom. The molecule has 1 atom stereocenters. The van der Waals surface area contributed by atoms with Crippen molar-refractivity contribution in [3.63, 3.8) is 0 Å². The number of rotatable bonds is 1. The fourth-order valence-corrected chi connectivity index (χ4v) is 3.59. The molecular formula is C15H12N2S. The summed E-state index contributed by atoms with van der Waals surface area (Å²) in [7, 11) is 0. The van der Waals surface area contributed by atoms with E-state index in [9.17, 15) is 0 Å². The summed E-state index contributed by atoms with van der Waals surface area (Å²) in [5.41, 5.74) is 2.61. The third kappa shape index (κ3) is 1.47. The van der Waals surface area contributed by atoms with Crippen LogP contribution >= 0.6 is 11.8 Å². The van der Waals surface area contributed by atoms with Crippen LogP contribution < -0.4 is 4.90 Å². The van der Waals surface area contributed by atoms with Gasteiger partial charge in [0.1, 0.15) is 0 Å². The molecule has 0 amide bonds. The lowest BCUT2D eigenvalue weighted by Gasteiger charge is -2.14. The molecule has 2 aliphatic rings. The molecule has 0 N–H and O–H groups in total. The molecule has 2 heterocycles. The highest BCUT2D eigenvalue weighted by Gasteiger charge is 2.34. The molecule has 1 unspecified atom stereocenters. The van der Waals surface area contributed by atoms with Crippen LogP contribution in [0.25, 0.3) is 0 Å². The summed E-state index contributed by atoms with van der Waals surface area (Å²) in [5, 5.41) is 1.14. The van der Waals surface area contributed by atoms with Gasteiger partial charge in [0.05, 0.1) is 18.3 Å². The Hall–Kier alpha value is -1.74. The smallest absolute Gasteiger partial charge is 0.169 e. The molecule has 88 valence electrons. The number of aliphatic imine (C=N–C) groups is 1. The summed E-state index contributed by atoms with van der Waals surface area (Å²) in [6, 6.07) is 19.3. The largest absolute Gasteiger partial charge is 0.317 e. The fourth-order valence-electron chi connectivity index (χ4n) is 2.50. The standard InChI is InChI=1S/C15H12N2S/c1-2-6-11(7-3-1)12-10-17-13-8-4-5-9-14(13)18-15(17)16-12/h1-9,12H,10H2. The summed E-state index contributed by atoms with van der Waals surface area (Å²) >= 11 is 1.78. The molecule has 0 spiro atoms. The predicted molar refractivity (Wildman–Crippen MR) is 76.3 cm³/mol. The summed E-state index contributed by atoms with van der Waals surface area (Å²) < 4.78 is 0. The van der Waals surface area contributed by atoms with Gasteiger partial charge in [-0.15, -0.1) is 0 Å². The fraction of sp³-hybridized carbons (Fsp3) is 0.133. The van der Waals surface area contributed by atoms with E-state index in [0.29, 0.717) is 0 Å². The molecule has 0 fully saturated rings. The van der Waals surface area contributed by atoms with Crippen LogP contribution in [0.1, 0.15) is 11.6 Å². The zero-order chi connectivity index (χ0) is 11.9. The summed E-state index contributed by atoms with van der Waals surface area (Å²) in [6.07, 6.45) is 0. The van der Waals surface area contributed by atoms with Crippen molar-refractivity contribution >= 4 is 22.6 Å². The van der Waals surface area contributed by atoms with E-state index in [0.717, 1.165) is 11.7 Å². The number of benzene rings is 2. The van der Waals surface area contributed by atoms with Crippen molar-refractivity contribution in [1.82, 2.24) is 0 Å². The first kappa shape index (κ1) is 10.2. The van der Waals surface area contributed by atoms with Gasteiger partial charge in [0.25, 0.3) is 0 Å². The molecule has 0 bridgehead atoms. The molecule has 2 nitrogen and oxygen atoms in total. The van der Waals surface area contributed by atoms with Gasteiger partial charge < -0.3 is 4.90 Å². The summed E-state index contributed by atoms with van der Waals surface area (Å²) in [6.45, 7) is 0.962. The van der Waals surface area contributed by atoms with Gasteiger partial charge in [-0.1, -0.05) is 42.5 Å². The summed E-state index contributed by atoms with van der Waals surface area (Å²) in [5.74, 6) is 0. The van der Waals surface area contributed by atoms with Gasteiger partial charge in [-0.05, 0) is 29.5 Å². The van der Waals surface area contributed by atoms with Crippen LogP contribution in [0.2, 0.25) is 0 Å². The number of thioether (sulfide) groups is 1. The maximum Gasteiger partial charge on any atom is 0.169 e. The Labute approximate surface area is 110 Å². The molecule has 2 aliphatic heterocycles. The molecule has 4 rings (SSSR count).